The zero-order valence-corrected chi connectivity index (χ0v) is 16.3. The zero-order chi connectivity index (χ0) is 18.5. The first kappa shape index (κ1) is 18.8. The van der Waals surface area contributed by atoms with E-state index in [1.807, 2.05) is 31.2 Å². The number of amides is 1. The lowest BCUT2D eigenvalue weighted by molar-refractivity contribution is -0.121. The van der Waals surface area contributed by atoms with Crippen molar-refractivity contribution in [3.8, 4) is 0 Å². The molecule has 1 unspecified atom stereocenters. The Kier molecular flexibility index (Phi) is 6.20. The van der Waals surface area contributed by atoms with Crippen LogP contribution in [0.1, 0.15) is 43.9 Å². The molecule has 1 heterocycles. The Morgan fingerprint density at radius 1 is 1.15 bits per heavy atom. The van der Waals surface area contributed by atoms with Crippen molar-refractivity contribution < 1.29 is 4.79 Å². The van der Waals surface area contributed by atoms with Crippen LogP contribution in [0.4, 0.5) is 5.69 Å². The Bertz CT molecular complexity index is 736. The maximum atomic E-state index is 12.3. The number of nitrogens with zero attached hydrogens (tertiary/aromatic N) is 1. The van der Waals surface area contributed by atoms with Crippen molar-refractivity contribution in [2.75, 3.05) is 18.0 Å². The summed E-state index contributed by atoms with van der Waals surface area (Å²) in [4.78, 5) is 14.8. The van der Waals surface area contributed by atoms with Crippen LogP contribution in [0.25, 0.3) is 0 Å². The third-order valence-electron chi connectivity index (χ3n) is 5.23. The summed E-state index contributed by atoms with van der Waals surface area (Å²) in [6.07, 6.45) is 2.82. The van der Waals surface area contributed by atoms with Gasteiger partial charge in [0, 0.05) is 23.8 Å². The van der Waals surface area contributed by atoms with Crippen LogP contribution >= 0.6 is 11.6 Å². The molecule has 1 aliphatic rings. The van der Waals surface area contributed by atoms with Gasteiger partial charge in [0.2, 0.25) is 5.91 Å². The first-order valence-electron chi connectivity index (χ1n) is 9.40. The highest BCUT2D eigenvalue weighted by molar-refractivity contribution is 6.31. The SMILES string of the molecule is CC1CCN(c2ccc(C(C)NC(=O)Cc3ccccc3Cl)cc2)CC1. The average Bonchev–Trinajstić information content (AvgIpc) is 2.64. The van der Waals surface area contributed by atoms with Gasteiger partial charge in [-0.15, -0.1) is 0 Å². The summed E-state index contributed by atoms with van der Waals surface area (Å²) in [5.74, 6) is 0.818. The highest BCUT2D eigenvalue weighted by Gasteiger charge is 2.17. The molecule has 0 radical (unpaired) electrons. The second-order valence-electron chi connectivity index (χ2n) is 7.32. The molecule has 3 nitrogen and oxygen atoms in total. The normalized spacial score (nSPS) is 16.3. The average molecular weight is 371 g/mol. The zero-order valence-electron chi connectivity index (χ0n) is 15.5. The number of rotatable bonds is 5. The molecule has 138 valence electrons. The molecule has 3 rings (SSSR count). The van der Waals surface area contributed by atoms with Crippen molar-refractivity contribution in [3.63, 3.8) is 0 Å². The Labute approximate surface area is 161 Å². The Balaban J connectivity index is 1.57. The van der Waals surface area contributed by atoms with Crippen LogP contribution < -0.4 is 10.2 Å². The van der Waals surface area contributed by atoms with E-state index in [9.17, 15) is 4.79 Å². The van der Waals surface area contributed by atoms with Crippen molar-refractivity contribution in [1.82, 2.24) is 5.32 Å². The minimum atomic E-state index is -0.0274. The number of carbonyl (C=O) groups excluding carboxylic acids is 1. The number of hydrogen-bond acceptors (Lipinski definition) is 2. The molecule has 0 aromatic heterocycles. The molecule has 0 saturated carbocycles. The minimum absolute atomic E-state index is 0.0142. The molecule has 1 aliphatic heterocycles. The molecule has 0 aliphatic carbocycles. The molecule has 0 spiro atoms. The van der Waals surface area contributed by atoms with E-state index in [4.69, 9.17) is 11.6 Å². The second-order valence-corrected chi connectivity index (χ2v) is 7.73. The van der Waals surface area contributed by atoms with E-state index in [1.54, 1.807) is 0 Å². The molecule has 0 bridgehead atoms. The van der Waals surface area contributed by atoms with Crippen LogP contribution in [0.5, 0.6) is 0 Å². The molecular weight excluding hydrogens is 344 g/mol. The quantitative estimate of drug-likeness (QED) is 0.803. The Morgan fingerprint density at radius 2 is 1.81 bits per heavy atom. The van der Waals surface area contributed by atoms with Gasteiger partial charge in [-0.25, -0.2) is 0 Å². The lowest BCUT2D eigenvalue weighted by Crippen LogP contribution is -2.32. The van der Waals surface area contributed by atoms with Crippen LogP contribution in [0.2, 0.25) is 5.02 Å². The Morgan fingerprint density at radius 3 is 2.46 bits per heavy atom. The molecule has 4 heteroatoms. The van der Waals surface area contributed by atoms with Crippen LogP contribution in [0.3, 0.4) is 0 Å². The van der Waals surface area contributed by atoms with Gasteiger partial charge < -0.3 is 10.2 Å². The van der Waals surface area contributed by atoms with Crippen LogP contribution in [0, 0.1) is 5.92 Å². The smallest absolute Gasteiger partial charge is 0.224 e. The largest absolute Gasteiger partial charge is 0.372 e. The van der Waals surface area contributed by atoms with Gasteiger partial charge in [0.05, 0.1) is 12.5 Å². The molecular formula is C22H27ClN2O. The summed E-state index contributed by atoms with van der Waals surface area (Å²) < 4.78 is 0. The van der Waals surface area contributed by atoms with Crippen molar-refractivity contribution in [1.29, 1.82) is 0 Å². The molecule has 1 fully saturated rings. The van der Waals surface area contributed by atoms with Crippen LogP contribution in [0.15, 0.2) is 48.5 Å². The van der Waals surface area contributed by atoms with Crippen molar-refractivity contribution >= 4 is 23.2 Å². The van der Waals surface area contributed by atoms with Gasteiger partial charge in [-0.2, -0.15) is 0 Å². The van der Waals surface area contributed by atoms with E-state index in [0.29, 0.717) is 11.4 Å². The Hall–Kier alpha value is -2.00. The second kappa shape index (κ2) is 8.59. The summed E-state index contributed by atoms with van der Waals surface area (Å²) in [6, 6.07) is 16.0. The third kappa shape index (κ3) is 4.79. The fourth-order valence-electron chi connectivity index (χ4n) is 3.43. The van der Waals surface area contributed by atoms with Gasteiger partial charge in [-0.1, -0.05) is 48.9 Å². The third-order valence-corrected chi connectivity index (χ3v) is 5.60. The molecule has 1 amide bonds. The standard InChI is InChI=1S/C22H27ClN2O/c1-16-11-13-25(14-12-16)20-9-7-18(8-10-20)17(2)24-22(26)15-19-5-3-4-6-21(19)23/h3-10,16-17H,11-15H2,1-2H3,(H,24,26). The summed E-state index contributed by atoms with van der Waals surface area (Å²) in [7, 11) is 0. The monoisotopic (exact) mass is 370 g/mol. The number of piperidine rings is 1. The van der Waals surface area contributed by atoms with Gasteiger partial charge in [-0.3, -0.25) is 4.79 Å². The molecule has 2 aromatic carbocycles. The van der Waals surface area contributed by atoms with Crippen LogP contribution in [-0.4, -0.2) is 19.0 Å². The summed E-state index contributed by atoms with van der Waals surface area (Å²) >= 11 is 6.14. The number of anilines is 1. The van der Waals surface area contributed by atoms with Gasteiger partial charge in [0.15, 0.2) is 0 Å². The van der Waals surface area contributed by atoms with Gasteiger partial charge >= 0.3 is 0 Å². The topological polar surface area (TPSA) is 32.3 Å². The van der Waals surface area contributed by atoms with E-state index in [2.05, 4.69) is 41.4 Å². The summed E-state index contributed by atoms with van der Waals surface area (Å²) in [6.45, 7) is 6.60. The number of nitrogens with one attached hydrogen (secondary N) is 1. The molecule has 2 aromatic rings. The maximum Gasteiger partial charge on any atom is 0.224 e. The molecule has 1 atom stereocenters. The van der Waals surface area contributed by atoms with E-state index in [0.717, 1.165) is 30.1 Å². The van der Waals surface area contributed by atoms with E-state index < -0.39 is 0 Å². The van der Waals surface area contributed by atoms with E-state index in [1.165, 1.54) is 18.5 Å². The van der Waals surface area contributed by atoms with Gasteiger partial charge in [0.25, 0.3) is 0 Å². The molecule has 1 saturated heterocycles. The minimum Gasteiger partial charge on any atom is -0.372 e. The molecule has 1 N–H and O–H groups in total. The van der Waals surface area contributed by atoms with E-state index in [-0.39, 0.29) is 11.9 Å². The summed E-state index contributed by atoms with van der Waals surface area (Å²) in [5, 5.41) is 3.70. The highest BCUT2D eigenvalue weighted by Crippen LogP contribution is 2.24. The van der Waals surface area contributed by atoms with Crippen molar-refractivity contribution in [2.45, 2.75) is 39.2 Å². The van der Waals surface area contributed by atoms with Crippen LogP contribution in [-0.2, 0) is 11.2 Å². The number of hydrogen-bond donors (Lipinski definition) is 1. The predicted molar refractivity (Wildman–Crippen MR) is 109 cm³/mol. The fraction of sp³-hybridized carbons (Fsp3) is 0.409. The van der Waals surface area contributed by atoms with Gasteiger partial charge in [-0.05, 0) is 55.0 Å². The lowest BCUT2D eigenvalue weighted by atomic mass is 9.98. The lowest BCUT2D eigenvalue weighted by Gasteiger charge is -2.32. The maximum absolute atomic E-state index is 12.3. The predicted octanol–water partition coefficient (Wildman–Crippen LogP) is 5.00. The fourth-order valence-corrected chi connectivity index (χ4v) is 3.63. The van der Waals surface area contributed by atoms with Crippen molar-refractivity contribution in [2.24, 2.45) is 5.92 Å². The highest BCUT2D eigenvalue weighted by atomic mass is 35.5. The summed E-state index contributed by atoms with van der Waals surface area (Å²) in [5.41, 5.74) is 3.25. The molecule has 26 heavy (non-hydrogen) atoms. The van der Waals surface area contributed by atoms with Gasteiger partial charge in [0.1, 0.15) is 0 Å². The van der Waals surface area contributed by atoms with E-state index >= 15 is 0 Å². The number of carbonyl (C=O) groups is 1. The first-order chi connectivity index (χ1) is 12.5. The number of halogens is 1. The first-order valence-corrected chi connectivity index (χ1v) is 9.78. The van der Waals surface area contributed by atoms with Crippen molar-refractivity contribution in [3.05, 3.63) is 64.7 Å². The number of benzene rings is 2.